The number of carbonyl (C=O) groups is 2. The van der Waals surface area contributed by atoms with Gasteiger partial charge in [0, 0.05) is 32.5 Å². The first-order valence-electron chi connectivity index (χ1n) is 9.06. The van der Waals surface area contributed by atoms with Gasteiger partial charge in [-0.1, -0.05) is 6.07 Å². The lowest BCUT2D eigenvalue weighted by molar-refractivity contribution is 0.0848. The van der Waals surface area contributed by atoms with Crippen molar-refractivity contribution in [1.82, 2.24) is 20.8 Å². The predicted molar refractivity (Wildman–Crippen MR) is 115 cm³/mol. The SMILES string of the molecule is COCc1nc(OC)c2c(C)c(C(=O)NNC(=O)c3cccc(N(C)C)c3)sc2n1. The molecule has 3 rings (SSSR count). The van der Waals surface area contributed by atoms with Crippen LogP contribution in [0.2, 0.25) is 0 Å². The average Bonchev–Trinajstić information content (AvgIpc) is 3.08. The first kappa shape index (κ1) is 21.5. The number of nitrogens with zero attached hydrogens (tertiary/aromatic N) is 3. The number of anilines is 1. The Bertz CT molecular complexity index is 1100. The fraction of sp³-hybridized carbons (Fsp3) is 0.300. The number of rotatable bonds is 6. The highest BCUT2D eigenvalue weighted by Crippen LogP contribution is 2.34. The van der Waals surface area contributed by atoms with E-state index in [0.717, 1.165) is 5.69 Å². The van der Waals surface area contributed by atoms with Gasteiger partial charge < -0.3 is 14.4 Å². The molecular formula is C20H23N5O4S. The monoisotopic (exact) mass is 429 g/mol. The Labute approximate surface area is 178 Å². The van der Waals surface area contributed by atoms with Crippen LogP contribution in [0.1, 0.15) is 31.4 Å². The molecule has 0 unspecified atom stereocenters. The highest BCUT2D eigenvalue weighted by molar-refractivity contribution is 7.20. The van der Waals surface area contributed by atoms with Gasteiger partial charge in [-0.15, -0.1) is 11.3 Å². The van der Waals surface area contributed by atoms with Crippen molar-refractivity contribution in [2.75, 3.05) is 33.2 Å². The summed E-state index contributed by atoms with van der Waals surface area (Å²) in [5, 5.41) is 0.664. The van der Waals surface area contributed by atoms with Gasteiger partial charge in [-0.25, -0.2) is 4.98 Å². The highest BCUT2D eigenvalue weighted by Gasteiger charge is 2.21. The molecule has 9 nitrogen and oxygen atoms in total. The molecule has 3 aromatic rings. The minimum Gasteiger partial charge on any atom is -0.480 e. The van der Waals surface area contributed by atoms with Crippen molar-refractivity contribution >= 4 is 39.1 Å². The molecule has 0 spiro atoms. The van der Waals surface area contributed by atoms with Gasteiger partial charge in [0.2, 0.25) is 5.88 Å². The molecule has 0 aliphatic rings. The number of ether oxygens (including phenoxy) is 2. The largest absolute Gasteiger partial charge is 0.480 e. The van der Waals surface area contributed by atoms with E-state index in [1.54, 1.807) is 32.2 Å². The number of benzene rings is 1. The maximum Gasteiger partial charge on any atom is 0.280 e. The number of thiophene rings is 1. The maximum atomic E-state index is 12.7. The predicted octanol–water partition coefficient (Wildman–Crippen LogP) is 2.30. The van der Waals surface area contributed by atoms with Crippen LogP contribution in [0.5, 0.6) is 5.88 Å². The second-order valence-electron chi connectivity index (χ2n) is 6.67. The van der Waals surface area contributed by atoms with Crippen LogP contribution in [0.25, 0.3) is 10.2 Å². The van der Waals surface area contributed by atoms with Crippen LogP contribution in [-0.4, -0.2) is 50.1 Å². The highest BCUT2D eigenvalue weighted by atomic mass is 32.1. The van der Waals surface area contributed by atoms with Crippen LogP contribution in [0.4, 0.5) is 5.69 Å². The standard InChI is InChI=1S/C20H23N5O4S/c1-11-15-19(29-5)21-14(10-28-4)22-20(15)30-16(11)18(27)24-23-17(26)12-7-6-8-13(9-12)25(2)3/h6-9H,10H2,1-5H3,(H,23,26)(H,24,27). The molecule has 2 heterocycles. The van der Waals surface area contributed by atoms with E-state index in [-0.39, 0.29) is 6.61 Å². The van der Waals surface area contributed by atoms with E-state index in [1.165, 1.54) is 18.4 Å². The minimum absolute atomic E-state index is 0.229. The van der Waals surface area contributed by atoms with Gasteiger partial charge in [0.05, 0.1) is 17.4 Å². The first-order chi connectivity index (χ1) is 14.3. The lowest BCUT2D eigenvalue weighted by Crippen LogP contribution is -2.41. The van der Waals surface area contributed by atoms with E-state index in [1.807, 2.05) is 25.1 Å². The summed E-state index contributed by atoms with van der Waals surface area (Å²) in [7, 11) is 6.84. The molecule has 0 atom stereocenters. The van der Waals surface area contributed by atoms with Crippen molar-refractivity contribution in [2.24, 2.45) is 0 Å². The number of fused-ring (bicyclic) bond motifs is 1. The molecule has 2 amide bonds. The first-order valence-corrected chi connectivity index (χ1v) is 9.88. The van der Waals surface area contributed by atoms with Gasteiger partial charge >= 0.3 is 0 Å². The summed E-state index contributed by atoms with van der Waals surface area (Å²) in [5.41, 5.74) is 6.92. The summed E-state index contributed by atoms with van der Waals surface area (Å²) < 4.78 is 10.5. The molecular weight excluding hydrogens is 406 g/mol. The molecule has 10 heteroatoms. The van der Waals surface area contributed by atoms with Gasteiger partial charge in [-0.05, 0) is 30.7 Å². The van der Waals surface area contributed by atoms with Crippen molar-refractivity contribution < 1.29 is 19.1 Å². The Hall–Kier alpha value is -3.24. The van der Waals surface area contributed by atoms with Crippen molar-refractivity contribution in [3.8, 4) is 5.88 Å². The molecule has 0 saturated heterocycles. The van der Waals surface area contributed by atoms with Gasteiger partial charge in [-0.3, -0.25) is 20.4 Å². The zero-order valence-electron chi connectivity index (χ0n) is 17.4. The second kappa shape index (κ2) is 9.06. The summed E-state index contributed by atoms with van der Waals surface area (Å²) in [4.78, 5) is 36.8. The normalized spacial score (nSPS) is 10.7. The topological polar surface area (TPSA) is 106 Å². The fourth-order valence-corrected chi connectivity index (χ4v) is 3.96. The number of aryl methyl sites for hydroxylation is 1. The lowest BCUT2D eigenvalue weighted by Gasteiger charge is -2.13. The molecule has 0 aliphatic heterocycles. The third-order valence-corrected chi connectivity index (χ3v) is 5.58. The summed E-state index contributed by atoms with van der Waals surface area (Å²) >= 11 is 1.20. The Morgan fingerprint density at radius 2 is 1.87 bits per heavy atom. The minimum atomic E-state index is -0.442. The Kier molecular flexibility index (Phi) is 6.48. The second-order valence-corrected chi connectivity index (χ2v) is 7.67. The molecule has 0 aliphatic carbocycles. The Morgan fingerprint density at radius 3 is 2.53 bits per heavy atom. The molecule has 2 aromatic heterocycles. The van der Waals surface area contributed by atoms with Crippen molar-refractivity contribution in [3.05, 3.63) is 46.1 Å². The van der Waals surface area contributed by atoms with Crippen molar-refractivity contribution in [1.29, 1.82) is 0 Å². The van der Waals surface area contributed by atoms with Crippen molar-refractivity contribution in [3.63, 3.8) is 0 Å². The third-order valence-electron chi connectivity index (χ3n) is 4.39. The Morgan fingerprint density at radius 1 is 1.13 bits per heavy atom. The van der Waals surface area contributed by atoms with E-state index in [2.05, 4.69) is 20.8 Å². The van der Waals surface area contributed by atoms with Crippen LogP contribution in [0.15, 0.2) is 24.3 Å². The third kappa shape index (κ3) is 4.34. The molecule has 30 heavy (non-hydrogen) atoms. The van der Waals surface area contributed by atoms with E-state index >= 15 is 0 Å². The number of hydrogen-bond donors (Lipinski definition) is 2. The molecule has 0 radical (unpaired) electrons. The lowest BCUT2D eigenvalue weighted by atomic mass is 10.2. The van der Waals surface area contributed by atoms with E-state index in [4.69, 9.17) is 9.47 Å². The Balaban J connectivity index is 1.80. The molecule has 1 aromatic carbocycles. The van der Waals surface area contributed by atoms with Crippen LogP contribution < -0.4 is 20.5 Å². The average molecular weight is 430 g/mol. The van der Waals surface area contributed by atoms with Crippen LogP contribution in [0, 0.1) is 6.92 Å². The van der Waals surface area contributed by atoms with Crippen LogP contribution >= 0.6 is 11.3 Å². The van der Waals surface area contributed by atoms with Crippen molar-refractivity contribution in [2.45, 2.75) is 13.5 Å². The number of methoxy groups -OCH3 is 2. The molecule has 0 saturated carbocycles. The van der Waals surface area contributed by atoms with Crippen LogP contribution in [0.3, 0.4) is 0 Å². The van der Waals surface area contributed by atoms with Gasteiger partial charge in [0.25, 0.3) is 11.8 Å². The maximum absolute atomic E-state index is 12.7. The van der Waals surface area contributed by atoms with E-state index in [0.29, 0.717) is 37.9 Å². The van der Waals surface area contributed by atoms with Gasteiger partial charge in [0.1, 0.15) is 11.4 Å². The number of hydrogen-bond acceptors (Lipinski definition) is 8. The summed E-state index contributed by atoms with van der Waals surface area (Å²) in [6.45, 7) is 2.02. The van der Waals surface area contributed by atoms with Crippen LogP contribution in [-0.2, 0) is 11.3 Å². The smallest absolute Gasteiger partial charge is 0.280 e. The summed E-state index contributed by atoms with van der Waals surface area (Å²) in [5.74, 6) is -0.0120. The summed E-state index contributed by atoms with van der Waals surface area (Å²) in [6.07, 6.45) is 0. The molecule has 158 valence electrons. The fourth-order valence-electron chi connectivity index (χ4n) is 2.87. The number of aromatic nitrogens is 2. The number of amides is 2. The number of nitrogens with one attached hydrogen (secondary N) is 2. The number of carbonyl (C=O) groups excluding carboxylic acids is 2. The zero-order chi connectivity index (χ0) is 21.8. The summed E-state index contributed by atoms with van der Waals surface area (Å²) in [6, 6.07) is 7.09. The van der Waals surface area contributed by atoms with E-state index < -0.39 is 11.8 Å². The quantitative estimate of drug-likeness (QED) is 0.579. The zero-order valence-corrected chi connectivity index (χ0v) is 18.2. The van der Waals surface area contributed by atoms with Gasteiger partial charge in [0.15, 0.2) is 5.82 Å². The molecule has 0 fully saturated rings. The molecule has 2 N–H and O–H groups in total. The van der Waals surface area contributed by atoms with Gasteiger partial charge in [-0.2, -0.15) is 4.98 Å². The number of hydrazine groups is 1. The molecule has 0 bridgehead atoms. The van der Waals surface area contributed by atoms with E-state index in [9.17, 15) is 9.59 Å².